The first-order valence-electron chi connectivity index (χ1n) is 10.8. The number of nitrogens with zero attached hydrogens (tertiary/aromatic N) is 3. The van der Waals surface area contributed by atoms with E-state index in [4.69, 9.17) is 32.4 Å². The first kappa shape index (κ1) is 23.3. The SMILES string of the molecule is COc1cc(N2CCCN(C(=O)NCc3cc(Cl)ccc3Cl)CC2)ccc1-c1cnc(C)o1. The Hall–Kier alpha value is -2.90. The normalized spacial score (nSPS) is 14.2. The average molecular weight is 489 g/mol. The van der Waals surface area contributed by atoms with E-state index in [1.54, 1.807) is 31.5 Å². The molecule has 2 amide bonds. The molecule has 0 bridgehead atoms. The fraction of sp³-hybridized carbons (Fsp3) is 0.333. The van der Waals surface area contributed by atoms with Crippen molar-refractivity contribution >= 4 is 34.9 Å². The van der Waals surface area contributed by atoms with Crippen molar-refractivity contribution in [3.63, 3.8) is 0 Å². The van der Waals surface area contributed by atoms with Crippen molar-refractivity contribution in [3.8, 4) is 17.1 Å². The van der Waals surface area contributed by atoms with Crippen molar-refractivity contribution < 1.29 is 13.9 Å². The van der Waals surface area contributed by atoms with Crippen molar-refractivity contribution in [1.82, 2.24) is 15.2 Å². The van der Waals surface area contributed by atoms with Crippen LogP contribution < -0.4 is 15.0 Å². The molecule has 0 saturated carbocycles. The van der Waals surface area contributed by atoms with Crippen LogP contribution in [0.25, 0.3) is 11.3 Å². The number of aromatic nitrogens is 1. The highest BCUT2D eigenvalue weighted by Gasteiger charge is 2.21. The Bertz CT molecular complexity index is 1130. The van der Waals surface area contributed by atoms with Gasteiger partial charge in [0.15, 0.2) is 11.7 Å². The minimum atomic E-state index is -0.110. The maximum Gasteiger partial charge on any atom is 0.317 e. The van der Waals surface area contributed by atoms with Crippen LogP contribution >= 0.6 is 23.2 Å². The Labute approximate surface area is 203 Å². The van der Waals surface area contributed by atoms with Gasteiger partial charge in [0.2, 0.25) is 0 Å². The zero-order valence-corrected chi connectivity index (χ0v) is 20.1. The summed E-state index contributed by atoms with van der Waals surface area (Å²) in [6, 6.07) is 11.2. The third-order valence-corrected chi connectivity index (χ3v) is 6.26. The zero-order valence-electron chi connectivity index (χ0n) is 18.6. The molecule has 1 saturated heterocycles. The summed E-state index contributed by atoms with van der Waals surface area (Å²) in [7, 11) is 1.65. The minimum Gasteiger partial charge on any atom is -0.496 e. The second-order valence-electron chi connectivity index (χ2n) is 7.85. The minimum absolute atomic E-state index is 0.110. The highest BCUT2D eigenvalue weighted by molar-refractivity contribution is 6.33. The van der Waals surface area contributed by atoms with E-state index < -0.39 is 0 Å². The van der Waals surface area contributed by atoms with Gasteiger partial charge in [-0.15, -0.1) is 0 Å². The van der Waals surface area contributed by atoms with Crippen LogP contribution in [0.3, 0.4) is 0 Å². The van der Waals surface area contributed by atoms with E-state index in [-0.39, 0.29) is 6.03 Å². The molecular weight excluding hydrogens is 463 g/mol. The van der Waals surface area contributed by atoms with Gasteiger partial charge < -0.3 is 24.3 Å². The molecule has 0 atom stereocenters. The summed E-state index contributed by atoms with van der Waals surface area (Å²) >= 11 is 12.2. The molecule has 2 aromatic carbocycles. The number of nitrogens with one attached hydrogen (secondary N) is 1. The number of hydrogen-bond acceptors (Lipinski definition) is 5. The lowest BCUT2D eigenvalue weighted by Gasteiger charge is -2.24. The van der Waals surface area contributed by atoms with E-state index >= 15 is 0 Å². The second-order valence-corrected chi connectivity index (χ2v) is 8.69. The predicted octanol–water partition coefficient (Wildman–Crippen LogP) is 5.39. The van der Waals surface area contributed by atoms with Crippen LogP contribution in [0, 0.1) is 6.92 Å². The average Bonchev–Trinajstić information content (AvgIpc) is 3.10. The number of rotatable bonds is 5. The van der Waals surface area contributed by atoms with Gasteiger partial charge >= 0.3 is 6.03 Å². The topological polar surface area (TPSA) is 70.8 Å². The Morgan fingerprint density at radius 1 is 1.15 bits per heavy atom. The van der Waals surface area contributed by atoms with Gasteiger partial charge in [-0.3, -0.25) is 0 Å². The molecular formula is C24H26Cl2N4O3. The molecule has 174 valence electrons. The number of halogens is 2. The summed E-state index contributed by atoms with van der Waals surface area (Å²) < 4.78 is 11.3. The molecule has 3 aromatic rings. The zero-order chi connectivity index (χ0) is 23.4. The summed E-state index contributed by atoms with van der Waals surface area (Å²) in [6.07, 6.45) is 2.56. The molecule has 0 unspecified atom stereocenters. The Morgan fingerprint density at radius 2 is 2.00 bits per heavy atom. The van der Waals surface area contributed by atoms with Crippen LogP contribution in [0.2, 0.25) is 10.0 Å². The number of hydrogen-bond donors (Lipinski definition) is 1. The molecule has 0 aliphatic carbocycles. The van der Waals surface area contributed by atoms with Gasteiger partial charge in [-0.2, -0.15) is 0 Å². The summed E-state index contributed by atoms with van der Waals surface area (Å²) in [5.74, 6) is 2.01. The molecule has 1 fully saturated rings. The monoisotopic (exact) mass is 488 g/mol. The highest BCUT2D eigenvalue weighted by Crippen LogP contribution is 2.34. The molecule has 1 aromatic heterocycles. The number of ether oxygens (including phenoxy) is 1. The van der Waals surface area contributed by atoms with Crippen molar-refractivity contribution in [1.29, 1.82) is 0 Å². The lowest BCUT2D eigenvalue weighted by atomic mass is 10.1. The van der Waals surface area contributed by atoms with Crippen molar-refractivity contribution in [3.05, 3.63) is 64.1 Å². The maximum absolute atomic E-state index is 12.8. The Balaban J connectivity index is 1.39. The van der Waals surface area contributed by atoms with Crippen LogP contribution in [0.1, 0.15) is 17.9 Å². The third kappa shape index (κ3) is 5.54. The van der Waals surface area contributed by atoms with E-state index in [2.05, 4.69) is 15.2 Å². The molecule has 1 N–H and O–H groups in total. The summed E-state index contributed by atoms with van der Waals surface area (Å²) in [4.78, 5) is 21.0. The van der Waals surface area contributed by atoms with Gasteiger partial charge in [-0.1, -0.05) is 23.2 Å². The van der Waals surface area contributed by atoms with Gasteiger partial charge in [0.05, 0.1) is 18.9 Å². The van der Waals surface area contributed by atoms with Crippen LogP contribution in [-0.4, -0.2) is 49.2 Å². The molecule has 4 rings (SSSR count). The first-order valence-corrected chi connectivity index (χ1v) is 11.5. The number of anilines is 1. The van der Waals surface area contributed by atoms with Crippen LogP contribution in [0.4, 0.5) is 10.5 Å². The van der Waals surface area contributed by atoms with Crippen LogP contribution in [0.5, 0.6) is 5.75 Å². The molecule has 0 radical (unpaired) electrons. The number of methoxy groups -OCH3 is 1. The number of urea groups is 1. The lowest BCUT2D eigenvalue weighted by molar-refractivity contribution is 0.201. The van der Waals surface area contributed by atoms with E-state index in [9.17, 15) is 4.79 Å². The Morgan fingerprint density at radius 3 is 2.76 bits per heavy atom. The standard InChI is InChI=1S/C24H26Cl2N4O3/c1-16-27-15-23(33-16)20-6-5-19(13-22(20)32-2)29-8-3-9-30(11-10-29)24(31)28-14-17-12-18(25)4-7-21(17)26/h4-7,12-13,15H,3,8-11,14H2,1-2H3,(H,28,31). The number of benzene rings is 2. The molecule has 1 aliphatic rings. The van der Waals surface area contributed by atoms with Crippen LogP contribution in [-0.2, 0) is 6.54 Å². The van der Waals surface area contributed by atoms with Gasteiger partial charge in [0, 0.05) is 61.4 Å². The van der Waals surface area contributed by atoms with Gasteiger partial charge in [0.1, 0.15) is 5.75 Å². The smallest absolute Gasteiger partial charge is 0.317 e. The molecule has 2 heterocycles. The number of carbonyl (C=O) groups excluding carboxylic acids is 1. The Kier molecular flexibility index (Phi) is 7.30. The first-order chi connectivity index (χ1) is 15.9. The highest BCUT2D eigenvalue weighted by atomic mass is 35.5. The number of carbonyl (C=O) groups is 1. The van der Waals surface area contributed by atoms with Gasteiger partial charge in [-0.05, 0) is 42.3 Å². The predicted molar refractivity (Wildman–Crippen MR) is 130 cm³/mol. The molecule has 7 nitrogen and oxygen atoms in total. The van der Waals surface area contributed by atoms with E-state index in [1.165, 1.54) is 0 Å². The quantitative estimate of drug-likeness (QED) is 0.521. The molecule has 0 spiro atoms. The second kappa shape index (κ2) is 10.4. The molecule has 33 heavy (non-hydrogen) atoms. The van der Waals surface area contributed by atoms with Crippen molar-refractivity contribution in [2.75, 3.05) is 38.2 Å². The number of oxazole rings is 1. The van der Waals surface area contributed by atoms with Crippen LogP contribution in [0.15, 0.2) is 47.0 Å². The number of aryl methyl sites for hydroxylation is 1. The van der Waals surface area contributed by atoms with Gasteiger partial charge in [-0.25, -0.2) is 9.78 Å². The summed E-state index contributed by atoms with van der Waals surface area (Å²) in [5.41, 5.74) is 2.69. The van der Waals surface area contributed by atoms with Crippen molar-refractivity contribution in [2.24, 2.45) is 0 Å². The fourth-order valence-electron chi connectivity index (χ4n) is 3.91. The van der Waals surface area contributed by atoms with Crippen molar-refractivity contribution in [2.45, 2.75) is 19.9 Å². The third-order valence-electron chi connectivity index (χ3n) is 5.66. The summed E-state index contributed by atoms with van der Waals surface area (Å²) in [5, 5.41) is 4.13. The molecule has 9 heteroatoms. The molecule has 1 aliphatic heterocycles. The largest absolute Gasteiger partial charge is 0.496 e. The summed E-state index contributed by atoms with van der Waals surface area (Å²) in [6.45, 7) is 4.99. The van der Waals surface area contributed by atoms with Gasteiger partial charge in [0.25, 0.3) is 0 Å². The number of amides is 2. The van der Waals surface area contributed by atoms with E-state index in [1.807, 2.05) is 30.0 Å². The lowest BCUT2D eigenvalue weighted by Crippen LogP contribution is -2.41. The maximum atomic E-state index is 12.8. The van der Waals surface area contributed by atoms with E-state index in [0.29, 0.717) is 41.3 Å². The fourth-order valence-corrected chi connectivity index (χ4v) is 4.29. The van der Waals surface area contributed by atoms with E-state index in [0.717, 1.165) is 42.1 Å².